The number of esters is 1. The summed E-state index contributed by atoms with van der Waals surface area (Å²) in [7, 11) is 0. The highest BCUT2D eigenvalue weighted by Crippen LogP contribution is 2.33. The molecule has 1 aromatic rings. The first-order valence-corrected chi connectivity index (χ1v) is 5.91. The van der Waals surface area contributed by atoms with Crippen molar-refractivity contribution in [1.82, 2.24) is 4.98 Å². The summed E-state index contributed by atoms with van der Waals surface area (Å²) in [5, 5.41) is 0.0587. The molecule has 0 aliphatic carbocycles. The van der Waals surface area contributed by atoms with E-state index in [0.717, 1.165) is 6.20 Å². The molecule has 0 aliphatic heterocycles. The van der Waals surface area contributed by atoms with Crippen molar-refractivity contribution in [3.63, 3.8) is 0 Å². The number of carbonyl (C=O) groups excluding carboxylic acids is 1. The van der Waals surface area contributed by atoms with E-state index in [1.807, 2.05) is 0 Å². The Balaban J connectivity index is 2.96. The molecule has 1 heterocycles. The predicted molar refractivity (Wildman–Crippen MR) is 62.2 cm³/mol. The summed E-state index contributed by atoms with van der Waals surface area (Å²) in [6.07, 6.45) is -1.66. The van der Waals surface area contributed by atoms with Crippen molar-refractivity contribution in [2.24, 2.45) is 0 Å². The molecular weight excluding hydrogens is 319 g/mol. The average Bonchev–Trinajstić information content (AvgIpc) is 2.25. The Kier molecular flexibility index (Phi) is 5.27. The van der Waals surface area contributed by atoms with E-state index in [0.29, 0.717) is 5.56 Å². The molecule has 0 aromatic carbocycles. The zero-order valence-corrected chi connectivity index (χ0v) is 11.2. The maximum Gasteiger partial charge on any atom is 0.310 e. The van der Waals surface area contributed by atoms with Gasteiger partial charge in [-0.25, -0.2) is 8.78 Å². The lowest BCUT2D eigenvalue weighted by molar-refractivity contribution is -0.142. The minimum Gasteiger partial charge on any atom is -0.466 e. The second kappa shape index (κ2) is 6.26. The normalized spacial score (nSPS) is 10.7. The third-order valence-corrected chi connectivity index (χ3v) is 3.37. The van der Waals surface area contributed by atoms with Crippen LogP contribution in [0.4, 0.5) is 8.78 Å². The maximum absolute atomic E-state index is 12.5. The third kappa shape index (κ3) is 3.61. The Morgan fingerprint density at radius 3 is 2.82 bits per heavy atom. The molecule has 0 saturated heterocycles. The molecule has 7 heteroatoms. The lowest BCUT2D eigenvalue weighted by atomic mass is 10.2. The molecule has 0 saturated carbocycles. The first-order chi connectivity index (χ1) is 7.97. The number of aromatic nitrogens is 1. The van der Waals surface area contributed by atoms with Crippen LogP contribution >= 0.6 is 27.5 Å². The summed E-state index contributed by atoms with van der Waals surface area (Å²) < 4.78 is 29.7. The zero-order valence-electron chi connectivity index (χ0n) is 8.84. The fraction of sp³-hybridized carbons (Fsp3) is 0.400. The van der Waals surface area contributed by atoms with Gasteiger partial charge in [0.15, 0.2) is 0 Å². The minimum atomic E-state index is -2.72. The van der Waals surface area contributed by atoms with E-state index in [4.69, 9.17) is 16.3 Å². The Hall–Kier alpha value is -0.750. The van der Waals surface area contributed by atoms with Crippen molar-refractivity contribution in [2.45, 2.75) is 19.8 Å². The smallest absolute Gasteiger partial charge is 0.310 e. The van der Waals surface area contributed by atoms with Crippen LogP contribution in [0.15, 0.2) is 10.7 Å². The average molecular weight is 329 g/mol. The number of hydrogen-bond donors (Lipinski definition) is 0. The van der Waals surface area contributed by atoms with Gasteiger partial charge in [-0.2, -0.15) is 0 Å². The lowest BCUT2D eigenvalue weighted by Gasteiger charge is -2.08. The van der Waals surface area contributed by atoms with E-state index in [-0.39, 0.29) is 22.5 Å². The van der Waals surface area contributed by atoms with Crippen molar-refractivity contribution in [3.05, 3.63) is 26.9 Å². The van der Waals surface area contributed by atoms with Gasteiger partial charge in [-0.1, -0.05) is 11.6 Å². The molecule has 0 radical (unpaired) electrons. The summed E-state index contributed by atoms with van der Waals surface area (Å²) in [5.74, 6) is -0.479. The van der Waals surface area contributed by atoms with Gasteiger partial charge in [-0.3, -0.25) is 9.78 Å². The molecule has 0 fully saturated rings. The third-order valence-electron chi connectivity index (χ3n) is 1.91. The van der Waals surface area contributed by atoms with Crippen LogP contribution in [-0.2, 0) is 16.0 Å². The molecule has 0 bridgehead atoms. The summed E-state index contributed by atoms with van der Waals surface area (Å²) in [4.78, 5) is 14.8. The molecule has 17 heavy (non-hydrogen) atoms. The highest BCUT2D eigenvalue weighted by Gasteiger charge is 2.19. The Bertz CT molecular complexity index is 429. The summed E-state index contributed by atoms with van der Waals surface area (Å²) in [5.41, 5.74) is -0.0935. The van der Waals surface area contributed by atoms with Gasteiger partial charge in [0.2, 0.25) is 0 Å². The number of nitrogens with zero attached hydrogens (tertiary/aromatic N) is 1. The van der Waals surface area contributed by atoms with E-state index < -0.39 is 18.1 Å². The van der Waals surface area contributed by atoms with Crippen LogP contribution in [-0.4, -0.2) is 17.6 Å². The van der Waals surface area contributed by atoms with E-state index >= 15 is 0 Å². The van der Waals surface area contributed by atoms with Gasteiger partial charge in [0.05, 0.1) is 22.5 Å². The van der Waals surface area contributed by atoms with E-state index in [1.54, 1.807) is 6.92 Å². The highest BCUT2D eigenvalue weighted by molar-refractivity contribution is 9.10. The number of pyridine rings is 1. The molecule has 0 amide bonds. The summed E-state index contributed by atoms with van der Waals surface area (Å²) in [6.45, 7) is 1.92. The second-order valence-corrected chi connectivity index (χ2v) is 4.25. The molecular formula is C10H9BrClF2NO2. The standard InChI is InChI=1S/C10H9BrClF2NO2/c1-2-17-6(16)3-5-4-15-9(10(13)14)7(11)8(5)12/h4,10H,2-3H2,1H3. The van der Waals surface area contributed by atoms with Gasteiger partial charge in [-0.15, -0.1) is 0 Å². The van der Waals surface area contributed by atoms with Crippen LogP contribution in [0.3, 0.4) is 0 Å². The summed E-state index contributed by atoms with van der Waals surface area (Å²) >= 11 is 8.79. The molecule has 0 aliphatic rings. The lowest BCUT2D eigenvalue weighted by Crippen LogP contribution is -2.09. The molecule has 3 nitrogen and oxygen atoms in total. The molecule has 1 rings (SSSR count). The predicted octanol–water partition coefficient (Wildman–Crippen LogP) is 3.54. The van der Waals surface area contributed by atoms with Gasteiger partial charge in [0, 0.05) is 11.8 Å². The molecule has 0 spiro atoms. The van der Waals surface area contributed by atoms with Gasteiger partial charge in [-0.05, 0) is 22.9 Å². The quantitative estimate of drug-likeness (QED) is 0.794. The van der Waals surface area contributed by atoms with Crippen molar-refractivity contribution < 1.29 is 18.3 Å². The monoisotopic (exact) mass is 327 g/mol. The Labute approximate surface area is 110 Å². The maximum atomic E-state index is 12.5. The van der Waals surface area contributed by atoms with Crippen LogP contribution in [0.25, 0.3) is 0 Å². The number of rotatable bonds is 4. The van der Waals surface area contributed by atoms with Crippen LogP contribution in [0.2, 0.25) is 5.02 Å². The first-order valence-electron chi connectivity index (χ1n) is 4.73. The molecule has 94 valence electrons. The van der Waals surface area contributed by atoms with Gasteiger partial charge < -0.3 is 4.74 Å². The van der Waals surface area contributed by atoms with Crippen LogP contribution in [0.1, 0.15) is 24.6 Å². The number of carbonyl (C=O) groups is 1. The second-order valence-electron chi connectivity index (χ2n) is 3.08. The fourth-order valence-corrected chi connectivity index (χ4v) is 1.90. The number of hydrogen-bond acceptors (Lipinski definition) is 3. The Morgan fingerprint density at radius 2 is 2.29 bits per heavy atom. The van der Waals surface area contributed by atoms with Crippen LogP contribution in [0, 0.1) is 0 Å². The largest absolute Gasteiger partial charge is 0.466 e. The Morgan fingerprint density at radius 1 is 1.65 bits per heavy atom. The number of ether oxygens (including phenoxy) is 1. The molecule has 0 unspecified atom stereocenters. The van der Waals surface area contributed by atoms with E-state index in [2.05, 4.69) is 20.9 Å². The van der Waals surface area contributed by atoms with E-state index in [1.165, 1.54) is 0 Å². The van der Waals surface area contributed by atoms with Gasteiger partial charge in [0.25, 0.3) is 6.43 Å². The van der Waals surface area contributed by atoms with Gasteiger partial charge >= 0.3 is 5.97 Å². The fourth-order valence-electron chi connectivity index (χ4n) is 1.16. The number of alkyl halides is 2. The SMILES string of the molecule is CCOC(=O)Cc1cnc(C(F)F)c(Br)c1Cl. The van der Waals surface area contributed by atoms with Crippen molar-refractivity contribution in [2.75, 3.05) is 6.61 Å². The first kappa shape index (κ1) is 14.3. The van der Waals surface area contributed by atoms with Crippen molar-refractivity contribution in [3.8, 4) is 0 Å². The highest BCUT2D eigenvalue weighted by atomic mass is 79.9. The zero-order chi connectivity index (χ0) is 13.0. The summed E-state index contributed by atoms with van der Waals surface area (Å²) in [6, 6.07) is 0. The van der Waals surface area contributed by atoms with Crippen LogP contribution in [0.5, 0.6) is 0 Å². The molecule has 1 aromatic heterocycles. The topological polar surface area (TPSA) is 39.2 Å². The molecule has 0 N–H and O–H groups in total. The molecule has 0 atom stereocenters. The number of halogens is 4. The van der Waals surface area contributed by atoms with E-state index in [9.17, 15) is 13.6 Å². The minimum absolute atomic E-state index is 0.0102. The van der Waals surface area contributed by atoms with Gasteiger partial charge in [0.1, 0.15) is 5.69 Å². The van der Waals surface area contributed by atoms with Crippen molar-refractivity contribution in [1.29, 1.82) is 0 Å². The van der Waals surface area contributed by atoms with Crippen molar-refractivity contribution >= 4 is 33.5 Å². The van der Waals surface area contributed by atoms with Crippen LogP contribution < -0.4 is 0 Å².